The van der Waals surface area contributed by atoms with Gasteiger partial charge in [-0.15, -0.1) is 11.3 Å². The Hall–Kier alpha value is -1.34. The summed E-state index contributed by atoms with van der Waals surface area (Å²) >= 11 is 5.07. The van der Waals surface area contributed by atoms with Crippen LogP contribution >= 0.6 is 27.3 Å². The van der Waals surface area contributed by atoms with Crippen LogP contribution in [0, 0.1) is 0 Å². The topological polar surface area (TPSA) is 66.9 Å². The van der Waals surface area contributed by atoms with Gasteiger partial charge >= 0.3 is 0 Å². The summed E-state index contributed by atoms with van der Waals surface area (Å²) in [5, 5.41) is 5.98. The first-order valence-corrected chi connectivity index (χ1v) is 10.1. The van der Waals surface area contributed by atoms with Crippen molar-refractivity contribution >= 4 is 39.0 Å². The first-order chi connectivity index (χ1) is 11.6. The number of carbonyl (C=O) groups is 1. The summed E-state index contributed by atoms with van der Waals surface area (Å²) in [5.74, 6) is 0.525. The van der Waals surface area contributed by atoms with Gasteiger partial charge in [-0.1, -0.05) is 25.7 Å². The monoisotopic (exact) mass is 409 g/mol. The number of nitrogens with one attached hydrogen (secondary N) is 2. The number of aromatic nitrogens is 2. The van der Waals surface area contributed by atoms with E-state index in [1.807, 2.05) is 16.8 Å². The molecular formula is C17H20BrN3O2S. The van der Waals surface area contributed by atoms with E-state index in [0.29, 0.717) is 17.8 Å². The van der Waals surface area contributed by atoms with Gasteiger partial charge in [0.25, 0.3) is 5.56 Å². The standard InChI is InChI=1S/C17H20BrN3O2S/c18-13-8-7-12(24-13)11-9-14(22)19-16-15(11)17(23)20-21(16)10-5-3-1-2-4-6-10/h7-8,10-11H,1-6,9H2,(H,19,22)(H,20,23). The van der Waals surface area contributed by atoms with Crippen LogP contribution in [0.15, 0.2) is 20.7 Å². The number of H-pyrrole nitrogens is 1. The Morgan fingerprint density at radius 1 is 1.12 bits per heavy atom. The molecule has 1 fully saturated rings. The molecule has 1 amide bonds. The van der Waals surface area contributed by atoms with Crippen LogP contribution in [0.4, 0.5) is 5.82 Å². The molecule has 128 valence electrons. The van der Waals surface area contributed by atoms with Crippen LogP contribution in [0.1, 0.15) is 67.3 Å². The molecule has 0 bridgehead atoms. The van der Waals surface area contributed by atoms with Crippen LogP contribution in [-0.4, -0.2) is 15.7 Å². The molecule has 0 spiro atoms. The first-order valence-electron chi connectivity index (χ1n) is 8.53. The number of amides is 1. The minimum atomic E-state index is -0.152. The molecule has 7 heteroatoms. The largest absolute Gasteiger partial charge is 0.311 e. The molecule has 5 nitrogen and oxygen atoms in total. The van der Waals surface area contributed by atoms with Gasteiger partial charge in [0.15, 0.2) is 0 Å². The van der Waals surface area contributed by atoms with Crippen LogP contribution in [0.2, 0.25) is 0 Å². The van der Waals surface area contributed by atoms with Gasteiger partial charge in [-0.25, -0.2) is 0 Å². The van der Waals surface area contributed by atoms with Crippen LogP contribution in [-0.2, 0) is 4.79 Å². The second-order valence-corrected chi connectivity index (χ2v) is 9.16. The molecule has 0 aromatic carbocycles. The lowest BCUT2D eigenvalue weighted by Crippen LogP contribution is -2.27. The number of aromatic amines is 1. The highest BCUT2D eigenvalue weighted by atomic mass is 79.9. The fourth-order valence-corrected chi connectivity index (χ4v) is 5.47. The molecule has 0 radical (unpaired) electrons. The van der Waals surface area contributed by atoms with Crippen LogP contribution in [0.5, 0.6) is 0 Å². The van der Waals surface area contributed by atoms with Gasteiger partial charge < -0.3 is 5.32 Å². The summed E-state index contributed by atoms with van der Waals surface area (Å²) < 4.78 is 2.96. The number of halogens is 1. The zero-order chi connectivity index (χ0) is 16.7. The lowest BCUT2D eigenvalue weighted by molar-refractivity contribution is -0.116. The molecule has 2 N–H and O–H groups in total. The predicted octanol–water partition coefficient (Wildman–Crippen LogP) is 4.37. The molecule has 2 aliphatic rings. The van der Waals surface area contributed by atoms with E-state index in [-0.39, 0.29) is 23.4 Å². The number of rotatable bonds is 2. The molecule has 4 rings (SSSR count). The fourth-order valence-electron chi connectivity index (χ4n) is 3.93. The Kier molecular flexibility index (Phi) is 4.39. The molecule has 2 aromatic rings. The number of anilines is 1. The Balaban J connectivity index is 1.78. The van der Waals surface area contributed by atoms with Crippen LogP contribution in [0.3, 0.4) is 0 Å². The molecule has 1 atom stereocenters. The van der Waals surface area contributed by atoms with E-state index in [0.717, 1.165) is 21.5 Å². The summed E-state index contributed by atoms with van der Waals surface area (Å²) in [6.07, 6.45) is 7.30. The maximum absolute atomic E-state index is 12.7. The predicted molar refractivity (Wildman–Crippen MR) is 98.9 cm³/mol. The highest BCUT2D eigenvalue weighted by molar-refractivity contribution is 9.11. The molecule has 1 aliphatic carbocycles. The molecule has 1 aliphatic heterocycles. The molecule has 3 heterocycles. The van der Waals surface area contributed by atoms with E-state index in [1.165, 1.54) is 25.7 Å². The Labute approximate surface area is 152 Å². The molecule has 2 aromatic heterocycles. The third-order valence-corrected chi connectivity index (χ3v) is 6.82. The van der Waals surface area contributed by atoms with Crippen molar-refractivity contribution in [2.45, 2.75) is 56.9 Å². The zero-order valence-corrected chi connectivity index (χ0v) is 15.7. The summed E-state index contributed by atoms with van der Waals surface area (Å²) in [4.78, 5) is 26.0. The van der Waals surface area contributed by atoms with Gasteiger partial charge in [0.2, 0.25) is 5.91 Å². The normalized spacial score (nSPS) is 22.0. The average Bonchev–Trinajstić information content (AvgIpc) is 3.00. The van der Waals surface area contributed by atoms with Gasteiger partial charge in [0.05, 0.1) is 15.4 Å². The first kappa shape index (κ1) is 16.1. The quantitative estimate of drug-likeness (QED) is 0.722. The van der Waals surface area contributed by atoms with E-state index in [2.05, 4.69) is 26.3 Å². The second-order valence-electron chi connectivity index (χ2n) is 6.67. The summed E-state index contributed by atoms with van der Waals surface area (Å²) in [6, 6.07) is 4.26. The Morgan fingerprint density at radius 3 is 2.54 bits per heavy atom. The maximum Gasteiger partial charge on any atom is 0.270 e. The fraction of sp³-hybridized carbons (Fsp3) is 0.529. The molecule has 24 heavy (non-hydrogen) atoms. The number of thiophene rings is 1. The molecule has 1 saturated carbocycles. The van der Waals surface area contributed by atoms with Crippen molar-refractivity contribution in [3.8, 4) is 0 Å². The van der Waals surface area contributed by atoms with Crippen molar-refractivity contribution in [3.63, 3.8) is 0 Å². The molecule has 1 unspecified atom stereocenters. The number of hydrogen-bond donors (Lipinski definition) is 2. The number of nitrogens with zero attached hydrogens (tertiary/aromatic N) is 1. The highest BCUT2D eigenvalue weighted by Gasteiger charge is 2.34. The summed E-state index contributed by atoms with van der Waals surface area (Å²) in [6.45, 7) is 0. The summed E-state index contributed by atoms with van der Waals surface area (Å²) in [7, 11) is 0. The third kappa shape index (κ3) is 2.88. The number of carbonyl (C=O) groups excluding carboxylic acids is 1. The lowest BCUT2D eigenvalue weighted by atomic mass is 9.92. The average molecular weight is 410 g/mol. The smallest absolute Gasteiger partial charge is 0.270 e. The van der Waals surface area contributed by atoms with E-state index in [4.69, 9.17) is 0 Å². The number of hydrogen-bond acceptors (Lipinski definition) is 3. The van der Waals surface area contributed by atoms with Gasteiger partial charge in [0.1, 0.15) is 5.82 Å². The van der Waals surface area contributed by atoms with Crippen molar-refractivity contribution in [2.75, 3.05) is 5.32 Å². The number of fused-ring (bicyclic) bond motifs is 1. The molecular weight excluding hydrogens is 390 g/mol. The lowest BCUT2D eigenvalue weighted by Gasteiger charge is -2.25. The van der Waals surface area contributed by atoms with Crippen LogP contribution in [0.25, 0.3) is 0 Å². The van der Waals surface area contributed by atoms with Crippen molar-refractivity contribution in [1.29, 1.82) is 0 Å². The Bertz CT molecular complexity index is 814. The van der Waals surface area contributed by atoms with Crippen molar-refractivity contribution in [1.82, 2.24) is 9.78 Å². The second kappa shape index (κ2) is 6.52. The minimum absolute atomic E-state index is 0.0154. The van der Waals surface area contributed by atoms with Crippen molar-refractivity contribution in [3.05, 3.63) is 36.7 Å². The summed E-state index contributed by atoms with van der Waals surface area (Å²) in [5.41, 5.74) is 0.650. The van der Waals surface area contributed by atoms with E-state index < -0.39 is 0 Å². The maximum atomic E-state index is 12.7. The Morgan fingerprint density at radius 2 is 1.88 bits per heavy atom. The van der Waals surface area contributed by atoms with Crippen molar-refractivity contribution in [2.24, 2.45) is 0 Å². The van der Waals surface area contributed by atoms with Gasteiger partial charge in [0, 0.05) is 17.2 Å². The van der Waals surface area contributed by atoms with Gasteiger partial charge in [-0.2, -0.15) is 0 Å². The van der Waals surface area contributed by atoms with Gasteiger partial charge in [-0.05, 0) is 40.9 Å². The highest BCUT2D eigenvalue weighted by Crippen LogP contribution is 2.41. The third-order valence-electron chi connectivity index (χ3n) is 5.09. The van der Waals surface area contributed by atoms with E-state index >= 15 is 0 Å². The minimum Gasteiger partial charge on any atom is -0.311 e. The van der Waals surface area contributed by atoms with E-state index in [1.54, 1.807) is 11.3 Å². The van der Waals surface area contributed by atoms with Crippen LogP contribution < -0.4 is 10.9 Å². The van der Waals surface area contributed by atoms with Crippen molar-refractivity contribution < 1.29 is 4.79 Å². The molecule has 0 saturated heterocycles. The van der Waals surface area contributed by atoms with Gasteiger partial charge in [-0.3, -0.25) is 19.4 Å². The SMILES string of the molecule is O=C1CC(c2ccc(Br)s2)c2c(n(C3CCCCCC3)[nH]c2=O)N1. The zero-order valence-electron chi connectivity index (χ0n) is 13.3. The van der Waals surface area contributed by atoms with E-state index in [9.17, 15) is 9.59 Å².